The molecule has 1 unspecified atom stereocenters. The number of rotatable bonds is 11. The topological polar surface area (TPSA) is 165 Å². The second-order valence-electron chi connectivity index (χ2n) is 9.87. The van der Waals surface area contributed by atoms with E-state index in [1.165, 1.54) is 12.1 Å². The molecule has 2 aliphatic rings. The van der Waals surface area contributed by atoms with Gasteiger partial charge < -0.3 is 24.6 Å². The number of nitrogens with one attached hydrogen (secondary N) is 2. The van der Waals surface area contributed by atoms with Crippen LogP contribution >= 0.6 is 0 Å². The number of nitrogens with zero attached hydrogens (tertiary/aromatic N) is 3. The molecule has 14 heteroatoms. The first-order valence-corrected chi connectivity index (χ1v) is 14.7. The fourth-order valence-electron chi connectivity index (χ4n) is 4.76. The van der Waals surface area contributed by atoms with Crippen LogP contribution in [0, 0.1) is 0 Å². The van der Waals surface area contributed by atoms with Gasteiger partial charge in [0.15, 0.2) is 6.10 Å². The normalized spacial score (nSPS) is 18.6. The monoisotopic (exact) mass is 575 g/mol. The molecule has 2 atom stereocenters. The highest BCUT2D eigenvalue weighted by atomic mass is 32.2. The Morgan fingerprint density at radius 2 is 1.80 bits per heavy atom. The highest BCUT2D eigenvalue weighted by Gasteiger charge is 2.35. The maximum atomic E-state index is 13.8. The van der Waals surface area contributed by atoms with E-state index >= 15 is 0 Å². The number of aliphatic hydroxyl groups is 1. The number of carbonyl (C=O) groups is 1. The first-order valence-electron chi connectivity index (χ1n) is 13.2. The van der Waals surface area contributed by atoms with Crippen molar-refractivity contribution in [1.82, 2.24) is 25.2 Å². The van der Waals surface area contributed by atoms with Crippen molar-refractivity contribution in [3.63, 3.8) is 0 Å². The molecule has 1 aliphatic heterocycles. The fraction of sp³-hybridized carbons (Fsp3) is 0.500. The van der Waals surface area contributed by atoms with Gasteiger partial charge in [-0.3, -0.25) is 4.84 Å². The Balaban J connectivity index is 1.37. The summed E-state index contributed by atoms with van der Waals surface area (Å²) in [6.07, 6.45) is 0.431. The largest absolute Gasteiger partial charge is 0.441 e. The molecule has 2 aromatic carbocycles. The molecular weight excluding hydrogens is 542 g/mol. The zero-order valence-corrected chi connectivity index (χ0v) is 22.7. The van der Waals surface area contributed by atoms with Gasteiger partial charge in [-0.15, -0.1) is 0 Å². The average Bonchev–Trinajstić information content (AvgIpc) is 3.65. The molecule has 40 heavy (non-hydrogen) atoms. The van der Waals surface area contributed by atoms with Gasteiger partial charge in [-0.25, -0.2) is 13.2 Å². The quantitative estimate of drug-likeness (QED) is 0.288. The van der Waals surface area contributed by atoms with Crippen LogP contribution in [0.2, 0.25) is 0 Å². The van der Waals surface area contributed by atoms with Crippen LogP contribution in [0.3, 0.4) is 0 Å². The van der Waals surface area contributed by atoms with Crippen molar-refractivity contribution in [2.75, 3.05) is 26.6 Å². The molecule has 3 aromatic rings. The number of H-pyrrole nitrogens is 1. The Bertz CT molecular complexity index is 1360. The predicted octanol–water partition coefficient (Wildman–Crippen LogP) is 1.89. The van der Waals surface area contributed by atoms with Crippen LogP contribution in [0.1, 0.15) is 31.2 Å². The van der Waals surface area contributed by atoms with Crippen LogP contribution in [0.25, 0.3) is 11.0 Å². The van der Waals surface area contributed by atoms with E-state index < -0.39 is 40.9 Å². The number of aromatic nitrogens is 3. The minimum Gasteiger partial charge on any atom is -0.441 e. The average molecular weight is 576 g/mol. The second kappa shape index (κ2) is 13.0. The number of hydroxylamine groups is 1. The lowest BCUT2D eigenvalue weighted by Crippen LogP contribution is -2.52. The summed E-state index contributed by atoms with van der Waals surface area (Å²) in [4.78, 5) is 18.7. The van der Waals surface area contributed by atoms with Gasteiger partial charge in [-0.2, -0.15) is 15.4 Å². The molecule has 1 saturated heterocycles. The molecule has 1 aliphatic carbocycles. The molecular formula is C26H33N5O8S. The molecule has 1 aromatic heterocycles. The summed E-state index contributed by atoms with van der Waals surface area (Å²) in [5, 5.41) is 24.5. The smallest absolute Gasteiger partial charge is 0.407 e. The molecule has 216 valence electrons. The Kier molecular flexibility index (Phi) is 9.24. The summed E-state index contributed by atoms with van der Waals surface area (Å²) in [5.41, 5.74) is 1.73. The van der Waals surface area contributed by atoms with Crippen molar-refractivity contribution in [3.8, 4) is 0 Å². The second-order valence-corrected chi connectivity index (χ2v) is 11.7. The van der Waals surface area contributed by atoms with Crippen molar-refractivity contribution in [3.05, 3.63) is 54.1 Å². The van der Waals surface area contributed by atoms with E-state index in [4.69, 9.17) is 19.0 Å². The Morgan fingerprint density at radius 3 is 2.55 bits per heavy atom. The zero-order chi connectivity index (χ0) is 28.0. The fourth-order valence-corrected chi connectivity index (χ4v) is 6.08. The third-order valence-corrected chi connectivity index (χ3v) is 8.49. The van der Waals surface area contributed by atoms with Crippen LogP contribution in [0.5, 0.6) is 0 Å². The van der Waals surface area contributed by atoms with E-state index in [-0.39, 0.29) is 37.4 Å². The molecule has 1 saturated carbocycles. The van der Waals surface area contributed by atoms with Crippen LogP contribution in [-0.2, 0) is 35.5 Å². The molecule has 2 fully saturated rings. The third-order valence-electron chi connectivity index (χ3n) is 6.87. The number of hydrogen-bond donors (Lipinski definition) is 3. The lowest BCUT2D eigenvalue weighted by atomic mass is 10.0. The molecule has 1 amide bonds. The summed E-state index contributed by atoms with van der Waals surface area (Å²) < 4.78 is 44.1. The molecule has 0 radical (unpaired) electrons. The summed E-state index contributed by atoms with van der Waals surface area (Å²) in [6, 6.07) is 12.7. The number of alkyl carbamates (subject to hydrolysis) is 1. The highest BCUT2D eigenvalue weighted by Crippen LogP contribution is 2.27. The number of aliphatic hydroxyl groups excluding tert-OH is 1. The standard InChI is InChI=1S/C26H33N5O8S/c32-25(24(12-18-6-2-1-3-7-18)27-26(33)38-20-15-36-17-37-16-20)14-31(39-19-8-4-5-9-19)40(34,35)21-10-11-22-23(13-21)29-30-28-22/h1-3,6-7,10-11,13,19-20,24-25,32H,4-5,8-9,12,14-17H2,(H,27,33)(H,28,29,30)/t24-,25?/m0/s1. The lowest BCUT2D eigenvalue weighted by molar-refractivity contribution is -0.153. The molecule has 0 bridgehead atoms. The number of hydrogen-bond acceptors (Lipinski definition) is 10. The SMILES string of the molecule is O=C(N[C@@H](Cc1ccccc1)C(O)CN(OC1CCCC1)S(=O)(=O)c1ccc2n[nH]nc2c1)OC1COCOC1. The molecule has 3 N–H and O–H groups in total. The number of amides is 1. The van der Waals surface area contributed by atoms with Crippen LogP contribution < -0.4 is 5.32 Å². The minimum atomic E-state index is -4.22. The summed E-state index contributed by atoms with van der Waals surface area (Å²) in [5.74, 6) is 0. The van der Waals surface area contributed by atoms with Gasteiger partial charge in [0.2, 0.25) is 0 Å². The number of benzene rings is 2. The highest BCUT2D eigenvalue weighted by molar-refractivity contribution is 7.89. The van der Waals surface area contributed by atoms with Gasteiger partial charge in [0.25, 0.3) is 10.0 Å². The van der Waals surface area contributed by atoms with Gasteiger partial charge >= 0.3 is 6.09 Å². The molecule has 13 nitrogen and oxygen atoms in total. The number of carbonyl (C=O) groups excluding carboxylic acids is 1. The summed E-state index contributed by atoms with van der Waals surface area (Å²) >= 11 is 0. The van der Waals surface area contributed by atoms with Crippen molar-refractivity contribution in [2.45, 2.75) is 61.4 Å². The van der Waals surface area contributed by atoms with Crippen molar-refractivity contribution in [1.29, 1.82) is 0 Å². The lowest BCUT2D eigenvalue weighted by Gasteiger charge is -2.31. The number of aromatic amines is 1. The summed E-state index contributed by atoms with van der Waals surface area (Å²) in [6.45, 7) is 0.0850. The van der Waals surface area contributed by atoms with Crippen molar-refractivity contribution in [2.24, 2.45) is 0 Å². The third kappa shape index (κ3) is 7.13. The molecule has 0 spiro atoms. The summed E-state index contributed by atoms with van der Waals surface area (Å²) in [7, 11) is -4.22. The van der Waals surface area contributed by atoms with Crippen molar-refractivity contribution < 1.29 is 37.4 Å². The number of sulfonamides is 1. The number of fused-ring (bicyclic) bond motifs is 1. The first kappa shape index (κ1) is 28.4. The van der Waals surface area contributed by atoms with Crippen LogP contribution in [0.4, 0.5) is 4.79 Å². The Labute approximate surface area is 231 Å². The number of ether oxygens (including phenoxy) is 3. The first-order chi connectivity index (χ1) is 19.4. The maximum Gasteiger partial charge on any atom is 0.407 e. The van der Waals surface area contributed by atoms with E-state index in [0.717, 1.165) is 22.9 Å². The van der Waals surface area contributed by atoms with E-state index in [1.807, 2.05) is 30.3 Å². The van der Waals surface area contributed by atoms with E-state index in [1.54, 1.807) is 6.07 Å². The zero-order valence-electron chi connectivity index (χ0n) is 21.8. The van der Waals surface area contributed by atoms with Crippen LogP contribution in [-0.4, -0.2) is 90.4 Å². The maximum absolute atomic E-state index is 13.8. The van der Waals surface area contributed by atoms with E-state index in [9.17, 15) is 18.3 Å². The van der Waals surface area contributed by atoms with Crippen LogP contribution in [0.15, 0.2) is 53.4 Å². The van der Waals surface area contributed by atoms with Gasteiger partial charge in [0, 0.05) is 0 Å². The minimum absolute atomic E-state index is 0.0524. The van der Waals surface area contributed by atoms with Gasteiger partial charge in [-0.05, 0) is 43.0 Å². The Morgan fingerprint density at radius 1 is 1.07 bits per heavy atom. The predicted molar refractivity (Wildman–Crippen MR) is 141 cm³/mol. The molecule has 2 heterocycles. The van der Waals surface area contributed by atoms with Crippen molar-refractivity contribution >= 4 is 27.1 Å². The van der Waals surface area contributed by atoms with Gasteiger partial charge in [-0.1, -0.05) is 47.6 Å². The molecule has 5 rings (SSSR count). The Hall–Kier alpha value is -3.14. The van der Waals surface area contributed by atoms with E-state index in [0.29, 0.717) is 23.9 Å². The van der Waals surface area contributed by atoms with Gasteiger partial charge in [0.05, 0.1) is 42.9 Å². The van der Waals surface area contributed by atoms with E-state index in [2.05, 4.69) is 20.7 Å². The van der Waals surface area contributed by atoms with Gasteiger partial charge in [0.1, 0.15) is 17.8 Å².